The van der Waals surface area contributed by atoms with E-state index in [-0.39, 0.29) is 11.9 Å². The van der Waals surface area contributed by atoms with Gasteiger partial charge < -0.3 is 10.0 Å². The lowest BCUT2D eigenvalue weighted by Gasteiger charge is -2.21. The zero-order valence-corrected chi connectivity index (χ0v) is 9.79. The second kappa shape index (κ2) is 4.25. The predicted molar refractivity (Wildman–Crippen MR) is 60.6 cm³/mol. The molecular weight excluding hydrogens is 226 g/mol. The van der Waals surface area contributed by atoms with Crippen LogP contribution in [0.2, 0.25) is 0 Å². The van der Waals surface area contributed by atoms with E-state index >= 15 is 0 Å². The highest BCUT2D eigenvalue weighted by molar-refractivity contribution is 7.14. The van der Waals surface area contributed by atoms with E-state index in [1.165, 1.54) is 11.3 Å². The number of carboxylic acids is 1. The van der Waals surface area contributed by atoms with Gasteiger partial charge in [-0.15, -0.1) is 11.3 Å². The first-order valence-electron chi connectivity index (χ1n) is 5.20. The predicted octanol–water partition coefficient (Wildman–Crippen LogP) is 2.13. The summed E-state index contributed by atoms with van der Waals surface area (Å²) in [5.74, 6) is -0.837. The van der Waals surface area contributed by atoms with Crippen molar-refractivity contribution in [3.05, 3.63) is 21.9 Å². The first kappa shape index (κ1) is 11.1. The highest BCUT2D eigenvalue weighted by Gasteiger charge is 2.29. The molecule has 1 atom stereocenters. The highest BCUT2D eigenvalue weighted by atomic mass is 32.1. The Balaban J connectivity index is 2.22. The molecular formula is C11H13NO3S. The standard InChI is InChI=1S/C11H13NO3S/c1-7(13)12-6-2-3-8(12)9-4-5-10(16-9)11(14)15/h4-5,8H,2-3,6H2,1H3,(H,14,15). The van der Waals surface area contributed by atoms with Crippen LogP contribution >= 0.6 is 11.3 Å². The molecule has 86 valence electrons. The molecule has 1 unspecified atom stereocenters. The topological polar surface area (TPSA) is 57.6 Å². The lowest BCUT2D eigenvalue weighted by molar-refractivity contribution is -0.129. The minimum Gasteiger partial charge on any atom is -0.477 e. The third-order valence-electron chi connectivity index (χ3n) is 2.82. The van der Waals surface area contributed by atoms with Gasteiger partial charge in [0.15, 0.2) is 0 Å². The largest absolute Gasteiger partial charge is 0.477 e. The van der Waals surface area contributed by atoms with Crippen LogP contribution in [0.3, 0.4) is 0 Å². The summed E-state index contributed by atoms with van der Waals surface area (Å²) in [6.07, 6.45) is 1.92. The summed E-state index contributed by atoms with van der Waals surface area (Å²) >= 11 is 1.27. The molecule has 1 aromatic rings. The maximum Gasteiger partial charge on any atom is 0.345 e. The van der Waals surface area contributed by atoms with Gasteiger partial charge in [-0.1, -0.05) is 0 Å². The van der Waals surface area contributed by atoms with Crippen LogP contribution in [0.1, 0.15) is 40.4 Å². The number of carboxylic acid groups (broad SMARTS) is 1. The molecule has 5 heteroatoms. The van der Waals surface area contributed by atoms with E-state index in [0.717, 1.165) is 24.3 Å². The third kappa shape index (κ3) is 1.95. The summed E-state index contributed by atoms with van der Waals surface area (Å²) in [6, 6.07) is 3.51. The van der Waals surface area contributed by atoms with E-state index in [9.17, 15) is 9.59 Å². The average Bonchev–Trinajstić information content (AvgIpc) is 2.86. The minimum absolute atomic E-state index is 0.0628. The van der Waals surface area contributed by atoms with Crippen molar-refractivity contribution in [2.45, 2.75) is 25.8 Å². The Morgan fingerprint density at radius 2 is 2.25 bits per heavy atom. The summed E-state index contributed by atoms with van der Waals surface area (Å²) in [5, 5.41) is 8.85. The van der Waals surface area contributed by atoms with Crippen molar-refractivity contribution in [1.29, 1.82) is 0 Å². The number of carbonyl (C=O) groups is 2. The first-order valence-corrected chi connectivity index (χ1v) is 6.01. The van der Waals surface area contributed by atoms with Gasteiger partial charge >= 0.3 is 5.97 Å². The molecule has 1 fully saturated rings. The van der Waals surface area contributed by atoms with Crippen LogP contribution in [0, 0.1) is 0 Å². The molecule has 0 radical (unpaired) electrons. The minimum atomic E-state index is -0.899. The van der Waals surface area contributed by atoms with Crippen LogP contribution in [-0.4, -0.2) is 28.4 Å². The lowest BCUT2D eigenvalue weighted by Crippen LogP contribution is -2.27. The molecule has 0 saturated carbocycles. The average molecular weight is 239 g/mol. The summed E-state index contributed by atoms with van der Waals surface area (Å²) in [6.45, 7) is 2.34. The normalized spacial score (nSPS) is 20.1. The molecule has 4 nitrogen and oxygen atoms in total. The highest BCUT2D eigenvalue weighted by Crippen LogP contribution is 2.35. The maximum atomic E-state index is 11.4. The molecule has 16 heavy (non-hydrogen) atoms. The zero-order valence-electron chi connectivity index (χ0n) is 8.97. The fourth-order valence-electron chi connectivity index (χ4n) is 2.09. The Labute approximate surface area is 97.5 Å². The van der Waals surface area contributed by atoms with Crippen LogP contribution in [0.5, 0.6) is 0 Å². The Morgan fingerprint density at radius 1 is 1.50 bits per heavy atom. The smallest absolute Gasteiger partial charge is 0.345 e. The van der Waals surface area contributed by atoms with Crippen LogP contribution in [0.4, 0.5) is 0 Å². The van der Waals surface area contributed by atoms with Crippen molar-refractivity contribution in [2.24, 2.45) is 0 Å². The Bertz CT molecular complexity index is 427. The number of likely N-dealkylation sites (tertiary alicyclic amines) is 1. The van der Waals surface area contributed by atoms with E-state index in [1.54, 1.807) is 13.0 Å². The van der Waals surface area contributed by atoms with Gasteiger partial charge in [-0.2, -0.15) is 0 Å². The van der Waals surface area contributed by atoms with E-state index < -0.39 is 5.97 Å². The fraction of sp³-hybridized carbons (Fsp3) is 0.455. The SMILES string of the molecule is CC(=O)N1CCCC1c1ccc(C(=O)O)s1. The van der Waals surface area contributed by atoms with Gasteiger partial charge in [-0.3, -0.25) is 4.79 Å². The molecule has 1 aromatic heterocycles. The molecule has 1 N–H and O–H groups in total. The van der Waals surface area contributed by atoms with Gasteiger partial charge in [0.05, 0.1) is 6.04 Å². The van der Waals surface area contributed by atoms with Gasteiger partial charge in [0.25, 0.3) is 0 Å². The summed E-state index contributed by atoms with van der Waals surface area (Å²) in [4.78, 5) is 25.3. The van der Waals surface area contributed by atoms with E-state index in [0.29, 0.717) is 4.88 Å². The molecule has 1 aliphatic rings. The van der Waals surface area contributed by atoms with Gasteiger partial charge in [-0.25, -0.2) is 4.79 Å². The first-order chi connectivity index (χ1) is 7.59. The number of hydrogen-bond donors (Lipinski definition) is 1. The fourth-order valence-corrected chi connectivity index (χ4v) is 3.08. The number of nitrogens with zero attached hydrogens (tertiary/aromatic N) is 1. The molecule has 0 aromatic carbocycles. The molecule has 2 heterocycles. The van der Waals surface area contributed by atoms with Crippen molar-refractivity contribution in [3.63, 3.8) is 0 Å². The van der Waals surface area contributed by atoms with Crippen LogP contribution in [0.15, 0.2) is 12.1 Å². The van der Waals surface area contributed by atoms with Crippen LogP contribution < -0.4 is 0 Å². The summed E-state index contributed by atoms with van der Waals surface area (Å²) < 4.78 is 0. The molecule has 0 aliphatic carbocycles. The molecule has 1 saturated heterocycles. The number of thiophene rings is 1. The number of aromatic carboxylic acids is 1. The molecule has 0 spiro atoms. The van der Waals surface area contributed by atoms with Crippen molar-refractivity contribution in [1.82, 2.24) is 4.90 Å². The van der Waals surface area contributed by atoms with Gasteiger partial charge in [0, 0.05) is 18.3 Å². The van der Waals surface area contributed by atoms with E-state index in [4.69, 9.17) is 5.11 Å². The molecule has 1 aliphatic heterocycles. The van der Waals surface area contributed by atoms with Crippen molar-refractivity contribution in [3.8, 4) is 0 Å². The molecule has 1 amide bonds. The summed E-state index contributed by atoms with van der Waals surface area (Å²) in [7, 11) is 0. The van der Waals surface area contributed by atoms with E-state index in [2.05, 4.69) is 0 Å². The molecule has 2 rings (SSSR count). The Morgan fingerprint density at radius 3 is 2.81 bits per heavy atom. The van der Waals surface area contributed by atoms with Crippen molar-refractivity contribution in [2.75, 3.05) is 6.54 Å². The Hall–Kier alpha value is -1.36. The van der Waals surface area contributed by atoms with Crippen LogP contribution in [0.25, 0.3) is 0 Å². The van der Waals surface area contributed by atoms with Crippen LogP contribution in [-0.2, 0) is 4.79 Å². The number of rotatable bonds is 2. The Kier molecular flexibility index (Phi) is 2.96. The second-order valence-electron chi connectivity index (χ2n) is 3.88. The van der Waals surface area contributed by atoms with Gasteiger partial charge in [0.1, 0.15) is 4.88 Å². The van der Waals surface area contributed by atoms with E-state index in [1.807, 2.05) is 11.0 Å². The summed E-state index contributed by atoms with van der Waals surface area (Å²) in [5.41, 5.74) is 0. The molecule has 0 bridgehead atoms. The lowest BCUT2D eigenvalue weighted by atomic mass is 10.2. The zero-order chi connectivity index (χ0) is 11.7. The van der Waals surface area contributed by atoms with Gasteiger partial charge in [-0.05, 0) is 25.0 Å². The van der Waals surface area contributed by atoms with Crippen molar-refractivity contribution >= 4 is 23.2 Å². The maximum absolute atomic E-state index is 11.4. The number of amides is 1. The van der Waals surface area contributed by atoms with Crippen molar-refractivity contribution < 1.29 is 14.7 Å². The number of carbonyl (C=O) groups excluding carboxylic acids is 1. The quantitative estimate of drug-likeness (QED) is 0.860. The third-order valence-corrected chi connectivity index (χ3v) is 4.00. The number of hydrogen-bond acceptors (Lipinski definition) is 3. The van der Waals surface area contributed by atoms with Gasteiger partial charge in [0.2, 0.25) is 5.91 Å². The second-order valence-corrected chi connectivity index (χ2v) is 4.99. The monoisotopic (exact) mass is 239 g/mol.